The number of hydrogen-bond donors (Lipinski definition) is 1. The molecule has 0 bridgehead atoms. The van der Waals surface area contributed by atoms with E-state index in [1.54, 1.807) is 6.07 Å². The molecule has 29 heavy (non-hydrogen) atoms. The van der Waals surface area contributed by atoms with Crippen LogP contribution in [0.1, 0.15) is 0 Å². The molecule has 6 nitrogen and oxygen atoms in total. The van der Waals surface area contributed by atoms with Crippen molar-refractivity contribution in [3.05, 3.63) is 66.7 Å². The van der Waals surface area contributed by atoms with Crippen molar-refractivity contribution in [1.82, 2.24) is 5.32 Å². The first-order valence-electron chi connectivity index (χ1n) is 9.45. The quantitative estimate of drug-likeness (QED) is 0.560. The second kappa shape index (κ2) is 7.39. The van der Waals surface area contributed by atoms with Crippen molar-refractivity contribution >= 4 is 27.8 Å². The fraction of sp³-hybridized carbons (Fsp3) is 0.174. The Kier molecular flexibility index (Phi) is 4.44. The van der Waals surface area contributed by atoms with E-state index in [9.17, 15) is 4.79 Å². The molecule has 3 aromatic carbocycles. The van der Waals surface area contributed by atoms with Gasteiger partial charge in [-0.2, -0.15) is 0 Å². The molecule has 1 unspecified atom stereocenters. The zero-order valence-corrected chi connectivity index (χ0v) is 15.6. The third-order valence-electron chi connectivity index (χ3n) is 4.81. The first-order valence-corrected chi connectivity index (χ1v) is 9.45. The molecule has 0 saturated carbocycles. The molecule has 1 amide bonds. The molecular formula is C23H19NO5. The fourth-order valence-electron chi connectivity index (χ4n) is 3.39. The molecule has 4 aromatic rings. The molecule has 146 valence electrons. The van der Waals surface area contributed by atoms with Gasteiger partial charge in [0, 0.05) is 10.8 Å². The third-order valence-corrected chi connectivity index (χ3v) is 4.81. The number of para-hydroxylation sites is 3. The number of amides is 1. The molecule has 0 fully saturated rings. The van der Waals surface area contributed by atoms with E-state index >= 15 is 0 Å². The number of fused-ring (bicyclic) bond motifs is 4. The van der Waals surface area contributed by atoms with Crippen LogP contribution in [-0.4, -0.2) is 31.8 Å². The molecule has 0 radical (unpaired) electrons. The highest BCUT2D eigenvalue weighted by molar-refractivity contribution is 6.05. The summed E-state index contributed by atoms with van der Waals surface area (Å²) in [7, 11) is 0. The minimum Gasteiger partial charge on any atom is -0.486 e. The second-order valence-corrected chi connectivity index (χ2v) is 6.85. The van der Waals surface area contributed by atoms with Crippen molar-refractivity contribution in [3.8, 4) is 17.2 Å². The maximum Gasteiger partial charge on any atom is 0.258 e. The SMILES string of the molecule is O=C(COc1ccc2oc3ccccc3c2c1)NCC1COc2ccccc2O1. The van der Waals surface area contributed by atoms with Crippen LogP contribution in [0.5, 0.6) is 17.2 Å². The Bertz CT molecular complexity index is 1180. The largest absolute Gasteiger partial charge is 0.486 e. The summed E-state index contributed by atoms with van der Waals surface area (Å²) < 4.78 is 23.0. The van der Waals surface area contributed by atoms with Crippen molar-refractivity contribution in [2.24, 2.45) is 0 Å². The molecular weight excluding hydrogens is 370 g/mol. The van der Waals surface area contributed by atoms with Gasteiger partial charge in [0.2, 0.25) is 0 Å². The normalized spacial score (nSPS) is 15.4. The molecule has 1 N–H and O–H groups in total. The molecule has 1 aromatic heterocycles. The standard InChI is InChI=1S/C23H19NO5/c25-23(24-12-16-13-27-21-7-3-4-8-22(21)28-16)14-26-15-9-10-20-18(11-15)17-5-1-2-6-19(17)29-20/h1-11,16H,12-14H2,(H,24,25). The fourth-order valence-corrected chi connectivity index (χ4v) is 3.39. The smallest absolute Gasteiger partial charge is 0.258 e. The van der Waals surface area contributed by atoms with Gasteiger partial charge in [0.05, 0.1) is 6.54 Å². The van der Waals surface area contributed by atoms with Crippen LogP contribution in [0.3, 0.4) is 0 Å². The van der Waals surface area contributed by atoms with Crippen LogP contribution in [0, 0.1) is 0 Å². The van der Waals surface area contributed by atoms with Crippen molar-refractivity contribution in [2.75, 3.05) is 19.8 Å². The maximum absolute atomic E-state index is 12.2. The number of carbonyl (C=O) groups is 1. The van der Waals surface area contributed by atoms with E-state index in [0.29, 0.717) is 24.7 Å². The average Bonchev–Trinajstić information content (AvgIpc) is 3.14. The predicted molar refractivity (Wildman–Crippen MR) is 109 cm³/mol. The van der Waals surface area contributed by atoms with Crippen molar-refractivity contribution < 1.29 is 23.4 Å². The summed E-state index contributed by atoms with van der Waals surface area (Å²) in [5.41, 5.74) is 1.62. The molecule has 1 aliphatic rings. The highest BCUT2D eigenvalue weighted by Gasteiger charge is 2.21. The topological polar surface area (TPSA) is 69.9 Å². The number of furan rings is 1. The van der Waals surface area contributed by atoms with Gasteiger partial charge in [-0.1, -0.05) is 30.3 Å². The molecule has 6 heteroatoms. The number of ether oxygens (including phenoxy) is 3. The van der Waals surface area contributed by atoms with E-state index in [2.05, 4.69) is 5.32 Å². The summed E-state index contributed by atoms with van der Waals surface area (Å²) in [4.78, 5) is 12.2. The van der Waals surface area contributed by atoms with Crippen LogP contribution in [0.2, 0.25) is 0 Å². The Morgan fingerprint density at radius 2 is 1.76 bits per heavy atom. The minimum atomic E-state index is -0.234. The lowest BCUT2D eigenvalue weighted by atomic mass is 10.1. The van der Waals surface area contributed by atoms with Gasteiger partial charge in [-0.3, -0.25) is 4.79 Å². The van der Waals surface area contributed by atoms with E-state index in [1.807, 2.05) is 60.7 Å². The van der Waals surface area contributed by atoms with Crippen molar-refractivity contribution in [3.63, 3.8) is 0 Å². The zero-order chi connectivity index (χ0) is 19.6. The monoisotopic (exact) mass is 389 g/mol. The van der Waals surface area contributed by atoms with Crippen LogP contribution in [0.4, 0.5) is 0 Å². The van der Waals surface area contributed by atoms with Gasteiger partial charge >= 0.3 is 0 Å². The van der Waals surface area contributed by atoms with E-state index in [1.165, 1.54) is 0 Å². The molecule has 0 saturated heterocycles. The molecule has 0 spiro atoms. The Balaban J connectivity index is 1.17. The van der Waals surface area contributed by atoms with Gasteiger partial charge in [0.15, 0.2) is 18.1 Å². The highest BCUT2D eigenvalue weighted by Crippen LogP contribution is 2.32. The lowest BCUT2D eigenvalue weighted by Crippen LogP contribution is -2.42. The zero-order valence-electron chi connectivity index (χ0n) is 15.6. The van der Waals surface area contributed by atoms with E-state index in [0.717, 1.165) is 27.7 Å². The van der Waals surface area contributed by atoms with Gasteiger partial charge in [0.1, 0.15) is 29.6 Å². The summed E-state index contributed by atoms with van der Waals surface area (Å²) >= 11 is 0. The Hall–Kier alpha value is -3.67. The van der Waals surface area contributed by atoms with E-state index < -0.39 is 0 Å². The van der Waals surface area contributed by atoms with Gasteiger partial charge in [-0.05, 0) is 36.4 Å². The summed E-state index contributed by atoms with van der Waals surface area (Å²) in [6.45, 7) is 0.662. The molecule has 1 atom stereocenters. The van der Waals surface area contributed by atoms with Crippen LogP contribution in [0.25, 0.3) is 21.9 Å². The van der Waals surface area contributed by atoms with Crippen molar-refractivity contribution in [2.45, 2.75) is 6.10 Å². The summed E-state index contributed by atoms with van der Waals surface area (Å²) in [6, 6.07) is 20.9. The first kappa shape index (κ1) is 17.4. The molecule has 1 aliphatic heterocycles. The van der Waals surface area contributed by atoms with E-state index in [-0.39, 0.29) is 18.6 Å². The number of benzene rings is 3. The number of carbonyl (C=O) groups excluding carboxylic acids is 1. The molecule has 5 rings (SSSR count). The van der Waals surface area contributed by atoms with E-state index in [4.69, 9.17) is 18.6 Å². The van der Waals surface area contributed by atoms with Crippen LogP contribution >= 0.6 is 0 Å². The predicted octanol–water partition coefficient (Wildman–Crippen LogP) is 3.92. The average molecular weight is 389 g/mol. The minimum absolute atomic E-state index is 0.0779. The summed E-state index contributed by atoms with van der Waals surface area (Å²) in [6.07, 6.45) is -0.234. The van der Waals surface area contributed by atoms with Gasteiger partial charge in [-0.25, -0.2) is 0 Å². The lowest BCUT2D eigenvalue weighted by molar-refractivity contribution is -0.123. The van der Waals surface area contributed by atoms with Gasteiger partial charge in [0.25, 0.3) is 5.91 Å². The van der Waals surface area contributed by atoms with Gasteiger partial charge < -0.3 is 23.9 Å². The highest BCUT2D eigenvalue weighted by atomic mass is 16.6. The van der Waals surface area contributed by atoms with Crippen LogP contribution in [0.15, 0.2) is 71.1 Å². The number of rotatable bonds is 5. The first-order chi connectivity index (χ1) is 14.3. The Labute approximate surface area is 167 Å². The Morgan fingerprint density at radius 3 is 2.69 bits per heavy atom. The maximum atomic E-state index is 12.2. The lowest BCUT2D eigenvalue weighted by Gasteiger charge is -2.26. The third kappa shape index (κ3) is 3.57. The van der Waals surface area contributed by atoms with Gasteiger partial charge in [-0.15, -0.1) is 0 Å². The summed E-state index contributed by atoms with van der Waals surface area (Å²) in [5.74, 6) is 1.81. The van der Waals surface area contributed by atoms with Crippen LogP contribution in [-0.2, 0) is 4.79 Å². The molecule has 2 heterocycles. The number of hydrogen-bond acceptors (Lipinski definition) is 5. The van der Waals surface area contributed by atoms with Crippen molar-refractivity contribution in [1.29, 1.82) is 0 Å². The Morgan fingerprint density at radius 1 is 0.966 bits per heavy atom. The van der Waals surface area contributed by atoms with Crippen LogP contribution < -0.4 is 19.5 Å². The molecule has 0 aliphatic carbocycles. The summed E-state index contributed by atoms with van der Waals surface area (Å²) in [5, 5.41) is 4.81. The number of nitrogens with one attached hydrogen (secondary N) is 1. The second-order valence-electron chi connectivity index (χ2n) is 6.85.